The SMILES string of the molecule is CCN(C)c1nc(C)c(Cc2ccc(F)cc2)c(N2CCOc3c(C)cc(-c4ccc5[nH]c(C)nc5c4)cc3C2)n1. The smallest absolute Gasteiger partial charge is 0.227 e. The minimum atomic E-state index is -0.240. The molecule has 0 spiro atoms. The van der Waals surface area contributed by atoms with Crippen molar-refractivity contribution in [3.05, 3.63) is 94.2 Å². The van der Waals surface area contributed by atoms with Crippen molar-refractivity contribution in [1.82, 2.24) is 19.9 Å². The van der Waals surface area contributed by atoms with E-state index in [4.69, 9.17) is 14.7 Å². The molecule has 1 N–H and O–H groups in total. The lowest BCUT2D eigenvalue weighted by Crippen LogP contribution is -2.29. The van der Waals surface area contributed by atoms with E-state index >= 15 is 0 Å². The molecule has 7 nitrogen and oxygen atoms in total. The molecule has 3 aromatic carbocycles. The van der Waals surface area contributed by atoms with Gasteiger partial charge < -0.3 is 19.5 Å². The number of imidazole rings is 1. The van der Waals surface area contributed by atoms with Gasteiger partial charge >= 0.3 is 0 Å². The van der Waals surface area contributed by atoms with Crippen LogP contribution in [-0.4, -0.2) is 46.7 Å². The van der Waals surface area contributed by atoms with E-state index < -0.39 is 0 Å². The zero-order chi connectivity index (χ0) is 28.7. The fraction of sp³-hybridized carbons (Fsp3) is 0.303. The van der Waals surface area contributed by atoms with Gasteiger partial charge in [0.1, 0.15) is 29.8 Å². The first-order valence-corrected chi connectivity index (χ1v) is 14.1. The Kier molecular flexibility index (Phi) is 7.07. The number of halogens is 1. The highest BCUT2D eigenvalue weighted by atomic mass is 19.1. The quantitative estimate of drug-likeness (QED) is 0.259. The molecular weight excluding hydrogens is 515 g/mol. The molecular formula is C33H35FN6O. The van der Waals surface area contributed by atoms with E-state index in [1.807, 2.05) is 33.0 Å². The molecule has 0 saturated carbocycles. The van der Waals surface area contributed by atoms with E-state index in [-0.39, 0.29) is 5.82 Å². The van der Waals surface area contributed by atoms with Crippen LogP contribution in [0, 0.1) is 26.6 Å². The van der Waals surface area contributed by atoms with Crippen LogP contribution in [0.4, 0.5) is 16.2 Å². The number of fused-ring (bicyclic) bond motifs is 2. The first-order chi connectivity index (χ1) is 19.8. The number of rotatable bonds is 6. The third-order valence-electron chi connectivity index (χ3n) is 7.84. The number of H-pyrrole nitrogens is 1. The first kappa shape index (κ1) is 26.7. The summed E-state index contributed by atoms with van der Waals surface area (Å²) < 4.78 is 20.0. The molecule has 6 rings (SSSR count). The molecule has 0 atom stereocenters. The number of hydrogen-bond donors (Lipinski definition) is 1. The summed E-state index contributed by atoms with van der Waals surface area (Å²) in [4.78, 5) is 22.2. The Morgan fingerprint density at radius 3 is 2.56 bits per heavy atom. The minimum absolute atomic E-state index is 0.240. The second-order valence-electron chi connectivity index (χ2n) is 10.8. The maximum atomic E-state index is 13.6. The summed E-state index contributed by atoms with van der Waals surface area (Å²) in [6.07, 6.45) is 0.615. The zero-order valence-electron chi connectivity index (χ0n) is 24.3. The van der Waals surface area contributed by atoms with Crippen LogP contribution in [-0.2, 0) is 13.0 Å². The number of aromatic nitrogens is 4. The van der Waals surface area contributed by atoms with Crippen molar-refractivity contribution in [2.45, 2.75) is 40.7 Å². The van der Waals surface area contributed by atoms with E-state index in [2.05, 4.69) is 63.9 Å². The Balaban J connectivity index is 1.41. The topological polar surface area (TPSA) is 70.2 Å². The number of anilines is 2. The van der Waals surface area contributed by atoms with E-state index in [1.54, 1.807) is 0 Å². The normalized spacial score (nSPS) is 13.2. The Bertz CT molecular complexity index is 1730. The largest absolute Gasteiger partial charge is 0.491 e. The van der Waals surface area contributed by atoms with Gasteiger partial charge in [-0.1, -0.05) is 18.2 Å². The van der Waals surface area contributed by atoms with Crippen LogP contribution in [0.2, 0.25) is 0 Å². The Morgan fingerprint density at radius 1 is 0.976 bits per heavy atom. The Morgan fingerprint density at radius 2 is 1.78 bits per heavy atom. The fourth-order valence-electron chi connectivity index (χ4n) is 5.53. The summed E-state index contributed by atoms with van der Waals surface area (Å²) in [5.41, 5.74) is 9.45. The third kappa shape index (κ3) is 5.34. The lowest BCUT2D eigenvalue weighted by molar-refractivity contribution is 0.329. The highest BCUT2D eigenvalue weighted by Gasteiger charge is 2.24. The van der Waals surface area contributed by atoms with Crippen molar-refractivity contribution in [3.8, 4) is 16.9 Å². The van der Waals surface area contributed by atoms with Gasteiger partial charge in [-0.15, -0.1) is 0 Å². The van der Waals surface area contributed by atoms with Gasteiger partial charge in [0, 0.05) is 43.4 Å². The maximum absolute atomic E-state index is 13.6. The average molecular weight is 551 g/mol. The number of hydrogen-bond acceptors (Lipinski definition) is 6. The molecule has 3 heterocycles. The first-order valence-electron chi connectivity index (χ1n) is 14.1. The predicted molar refractivity (Wildman–Crippen MR) is 162 cm³/mol. The van der Waals surface area contributed by atoms with Gasteiger partial charge in [0.2, 0.25) is 5.95 Å². The van der Waals surface area contributed by atoms with Gasteiger partial charge in [0.05, 0.1) is 17.6 Å². The number of benzene rings is 3. The van der Waals surface area contributed by atoms with Crippen molar-refractivity contribution >= 4 is 22.8 Å². The molecule has 0 radical (unpaired) electrons. The van der Waals surface area contributed by atoms with E-state index in [9.17, 15) is 4.39 Å². The van der Waals surface area contributed by atoms with E-state index in [1.165, 1.54) is 12.1 Å². The lowest BCUT2D eigenvalue weighted by Gasteiger charge is -2.27. The van der Waals surface area contributed by atoms with Crippen LogP contribution in [0.3, 0.4) is 0 Å². The molecule has 1 aliphatic rings. The molecule has 0 fully saturated rings. The van der Waals surface area contributed by atoms with Crippen LogP contribution >= 0.6 is 0 Å². The standard InChI is InChI=1S/C33H35FN6O/c1-6-39(5)33-35-21(3)28(16-23-7-10-27(34)11-8-23)32(38-33)40-13-14-41-31-20(2)15-25(17-26(31)19-40)24-9-12-29-30(18-24)37-22(4)36-29/h7-12,15,17-18H,6,13-14,16,19H2,1-5H3,(H,36,37). The monoisotopic (exact) mass is 550 g/mol. The number of aromatic amines is 1. The van der Waals surface area contributed by atoms with Crippen molar-refractivity contribution < 1.29 is 9.13 Å². The van der Waals surface area contributed by atoms with Crippen LogP contribution in [0.5, 0.6) is 5.75 Å². The van der Waals surface area contributed by atoms with Gasteiger partial charge in [0.25, 0.3) is 0 Å². The van der Waals surface area contributed by atoms with E-state index in [0.717, 1.165) is 74.0 Å². The molecule has 1 aliphatic heterocycles. The molecule has 0 saturated heterocycles. The average Bonchev–Trinajstić information content (AvgIpc) is 3.19. The van der Waals surface area contributed by atoms with Crippen LogP contribution in [0.15, 0.2) is 54.6 Å². The Labute approximate surface area is 240 Å². The van der Waals surface area contributed by atoms with Gasteiger partial charge in [-0.05, 0) is 86.3 Å². The summed E-state index contributed by atoms with van der Waals surface area (Å²) in [5.74, 6) is 3.19. The number of aryl methyl sites for hydroxylation is 3. The fourth-order valence-corrected chi connectivity index (χ4v) is 5.53. The summed E-state index contributed by atoms with van der Waals surface area (Å²) in [5, 5.41) is 0. The second-order valence-corrected chi connectivity index (χ2v) is 10.8. The zero-order valence-corrected chi connectivity index (χ0v) is 24.3. The molecule has 0 unspecified atom stereocenters. The highest BCUT2D eigenvalue weighted by molar-refractivity contribution is 5.82. The number of ether oxygens (including phenoxy) is 1. The van der Waals surface area contributed by atoms with Gasteiger partial charge in [0.15, 0.2) is 0 Å². The number of nitrogens with one attached hydrogen (secondary N) is 1. The van der Waals surface area contributed by atoms with Crippen molar-refractivity contribution in [2.24, 2.45) is 0 Å². The number of nitrogens with zero attached hydrogens (tertiary/aromatic N) is 5. The van der Waals surface area contributed by atoms with Crippen molar-refractivity contribution in [2.75, 3.05) is 36.5 Å². The second kappa shape index (κ2) is 10.8. The van der Waals surface area contributed by atoms with Gasteiger partial charge in [-0.2, -0.15) is 4.98 Å². The molecule has 5 aromatic rings. The summed E-state index contributed by atoms with van der Waals surface area (Å²) in [6, 6.07) is 17.5. The molecule has 0 amide bonds. The van der Waals surface area contributed by atoms with Crippen molar-refractivity contribution in [1.29, 1.82) is 0 Å². The maximum Gasteiger partial charge on any atom is 0.227 e. The van der Waals surface area contributed by atoms with Crippen LogP contribution < -0.4 is 14.5 Å². The molecule has 2 aromatic heterocycles. The lowest BCUT2D eigenvalue weighted by atomic mass is 9.98. The molecule has 0 bridgehead atoms. The predicted octanol–water partition coefficient (Wildman–Crippen LogP) is 6.53. The minimum Gasteiger partial charge on any atom is -0.491 e. The van der Waals surface area contributed by atoms with Gasteiger partial charge in [-0.3, -0.25) is 0 Å². The van der Waals surface area contributed by atoms with Gasteiger partial charge in [-0.25, -0.2) is 14.4 Å². The van der Waals surface area contributed by atoms with Crippen LogP contribution in [0.1, 0.15) is 40.7 Å². The summed E-state index contributed by atoms with van der Waals surface area (Å²) >= 11 is 0. The van der Waals surface area contributed by atoms with Crippen LogP contribution in [0.25, 0.3) is 22.2 Å². The third-order valence-corrected chi connectivity index (χ3v) is 7.84. The van der Waals surface area contributed by atoms with Crippen molar-refractivity contribution in [3.63, 3.8) is 0 Å². The summed E-state index contributed by atoms with van der Waals surface area (Å²) in [7, 11) is 2.01. The molecule has 41 heavy (non-hydrogen) atoms. The molecule has 0 aliphatic carbocycles. The molecule has 210 valence electrons. The summed E-state index contributed by atoms with van der Waals surface area (Å²) in [6.45, 7) is 10.9. The highest BCUT2D eigenvalue weighted by Crippen LogP contribution is 2.36. The Hall–Kier alpha value is -4.46. The molecule has 8 heteroatoms. The van der Waals surface area contributed by atoms with E-state index in [0.29, 0.717) is 32.1 Å².